The van der Waals surface area contributed by atoms with E-state index in [1.807, 2.05) is 29.0 Å². The third-order valence-corrected chi connectivity index (χ3v) is 5.48. The molecule has 0 radical (unpaired) electrons. The molecule has 1 atom stereocenters. The summed E-state index contributed by atoms with van der Waals surface area (Å²) in [4.78, 5) is 31.2. The third-order valence-electron chi connectivity index (χ3n) is 4.80. The molecule has 27 heavy (non-hydrogen) atoms. The number of thiophene rings is 1. The minimum Gasteiger partial charge on any atom is -0.493 e. The van der Waals surface area contributed by atoms with E-state index in [1.54, 1.807) is 12.1 Å². The molecule has 0 bridgehead atoms. The Hall–Kier alpha value is -3.20. The van der Waals surface area contributed by atoms with Crippen molar-refractivity contribution in [1.82, 2.24) is 20.4 Å². The average molecular weight is 382 g/mol. The maximum atomic E-state index is 13.2. The van der Waals surface area contributed by atoms with Crippen molar-refractivity contribution >= 4 is 23.3 Å². The lowest BCUT2D eigenvalue weighted by atomic mass is 9.84. The van der Waals surface area contributed by atoms with Gasteiger partial charge in [0.25, 0.3) is 5.91 Å². The number of benzene rings is 1. The molecular weight excluding hydrogens is 368 g/mol. The van der Waals surface area contributed by atoms with Crippen LogP contribution in [0.2, 0.25) is 0 Å². The van der Waals surface area contributed by atoms with Gasteiger partial charge in [-0.3, -0.25) is 9.69 Å². The molecule has 1 spiro atoms. The minimum absolute atomic E-state index is 0.0768. The zero-order chi connectivity index (χ0) is 18.4. The Bertz CT molecular complexity index is 1030. The standard InChI is InChI=1S/C18H14N4O4S/c23-16-18(6-7-25-13-4-2-1-3-12(13)18)20-17(24)22(16)9-14-19-15(21-26-14)11-5-8-27-10-11/h1-5,8,10H,6-7,9H2,(H,20,24). The van der Waals surface area contributed by atoms with Crippen molar-refractivity contribution in [3.63, 3.8) is 0 Å². The smallest absolute Gasteiger partial charge is 0.325 e. The molecule has 5 rings (SSSR count). The first kappa shape index (κ1) is 16.0. The summed E-state index contributed by atoms with van der Waals surface area (Å²) >= 11 is 1.52. The van der Waals surface area contributed by atoms with Gasteiger partial charge < -0.3 is 14.6 Å². The predicted molar refractivity (Wildman–Crippen MR) is 94.9 cm³/mol. The van der Waals surface area contributed by atoms with Crippen LogP contribution in [0.15, 0.2) is 45.6 Å². The third kappa shape index (κ3) is 2.42. The SMILES string of the molecule is O=C1NC2(CCOc3ccccc32)C(=O)N1Cc1nc(-c2ccsc2)no1. The summed E-state index contributed by atoms with van der Waals surface area (Å²) in [5, 5.41) is 10.6. The van der Waals surface area contributed by atoms with E-state index in [-0.39, 0.29) is 18.3 Å². The van der Waals surface area contributed by atoms with Crippen LogP contribution >= 0.6 is 11.3 Å². The van der Waals surface area contributed by atoms with E-state index in [1.165, 1.54) is 11.3 Å². The van der Waals surface area contributed by atoms with Crippen LogP contribution in [-0.2, 0) is 16.9 Å². The maximum Gasteiger partial charge on any atom is 0.325 e. The van der Waals surface area contributed by atoms with Gasteiger partial charge in [-0.05, 0) is 17.5 Å². The summed E-state index contributed by atoms with van der Waals surface area (Å²) in [6, 6.07) is 8.65. The van der Waals surface area contributed by atoms with Crippen LogP contribution in [0.3, 0.4) is 0 Å². The molecule has 9 heteroatoms. The van der Waals surface area contributed by atoms with Crippen molar-refractivity contribution in [2.45, 2.75) is 18.5 Å². The minimum atomic E-state index is -1.11. The molecule has 1 aromatic carbocycles. The molecule has 2 aliphatic rings. The summed E-state index contributed by atoms with van der Waals surface area (Å²) in [5.41, 5.74) is 0.394. The van der Waals surface area contributed by atoms with Gasteiger partial charge in [-0.15, -0.1) is 0 Å². The van der Waals surface area contributed by atoms with E-state index in [9.17, 15) is 9.59 Å². The molecule has 2 aliphatic heterocycles. The molecule has 2 aromatic heterocycles. The zero-order valence-corrected chi connectivity index (χ0v) is 14.9. The van der Waals surface area contributed by atoms with Gasteiger partial charge >= 0.3 is 6.03 Å². The Balaban J connectivity index is 1.44. The second-order valence-corrected chi connectivity index (χ2v) is 7.13. The van der Waals surface area contributed by atoms with Crippen molar-refractivity contribution in [3.8, 4) is 17.1 Å². The number of rotatable bonds is 3. The van der Waals surface area contributed by atoms with E-state index in [0.717, 1.165) is 10.5 Å². The number of nitrogens with zero attached hydrogens (tertiary/aromatic N) is 3. The van der Waals surface area contributed by atoms with Crippen molar-refractivity contribution in [3.05, 3.63) is 52.5 Å². The largest absolute Gasteiger partial charge is 0.493 e. The summed E-state index contributed by atoms with van der Waals surface area (Å²) in [5.74, 6) is 0.914. The molecule has 4 heterocycles. The Labute approximate surface area is 157 Å². The number of nitrogens with one attached hydrogen (secondary N) is 1. The van der Waals surface area contributed by atoms with Crippen LogP contribution in [0.1, 0.15) is 17.9 Å². The Morgan fingerprint density at radius 3 is 3.00 bits per heavy atom. The normalized spacial score (nSPS) is 21.3. The highest BCUT2D eigenvalue weighted by Gasteiger charge is 2.55. The van der Waals surface area contributed by atoms with E-state index >= 15 is 0 Å². The highest BCUT2D eigenvalue weighted by molar-refractivity contribution is 7.08. The first-order valence-corrected chi connectivity index (χ1v) is 9.33. The summed E-state index contributed by atoms with van der Waals surface area (Å²) in [6.07, 6.45) is 0.370. The lowest BCUT2D eigenvalue weighted by Crippen LogP contribution is -2.47. The highest BCUT2D eigenvalue weighted by atomic mass is 32.1. The quantitative estimate of drug-likeness (QED) is 0.699. The van der Waals surface area contributed by atoms with Gasteiger partial charge in [0.15, 0.2) is 5.54 Å². The van der Waals surface area contributed by atoms with Gasteiger partial charge in [-0.1, -0.05) is 23.4 Å². The fraction of sp³-hybridized carbons (Fsp3) is 0.222. The summed E-state index contributed by atoms with van der Waals surface area (Å²) < 4.78 is 10.9. The lowest BCUT2D eigenvalue weighted by Gasteiger charge is -2.33. The van der Waals surface area contributed by atoms with Crippen molar-refractivity contribution in [1.29, 1.82) is 0 Å². The van der Waals surface area contributed by atoms with Crippen LogP contribution < -0.4 is 10.1 Å². The summed E-state index contributed by atoms with van der Waals surface area (Å²) in [6.45, 7) is 0.270. The fourth-order valence-electron chi connectivity index (χ4n) is 3.48. The monoisotopic (exact) mass is 382 g/mol. The van der Waals surface area contributed by atoms with Crippen molar-refractivity contribution in [2.75, 3.05) is 6.61 Å². The molecule has 3 amide bonds. The fourth-order valence-corrected chi connectivity index (χ4v) is 4.11. The number of hydrogen-bond donors (Lipinski definition) is 1. The van der Waals surface area contributed by atoms with Crippen molar-refractivity contribution < 1.29 is 18.8 Å². The molecule has 3 aromatic rings. The van der Waals surface area contributed by atoms with E-state index in [4.69, 9.17) is 9.26 Å². The number of ether oxygens (including phenoxy) is 1. The number of aromatic nitrogens is 2. The number of amides is 3. The van der Waals surface area contributed by atoms with Gasteiger partial charge in [0.2, 0.25) is 11.7 Å². The van der Waals surface area contributed by atoms with Crippen LogP contribution in [0.5, 0.6) is 5.75 Å². The van der Waals surface area contributed by atoms with E-state index in [0.29, 0.717) is 30.2 Å². The number of urea groups is 1. The highest BCUT2D eigenvalue weighted by Crippen LogP contribution is 2.41. The summed E-state index contributed by atoms with van der Waals surface area (Å²) in [7, 11) is 0. The van der Waals surface area contributed by atoms with Gasteiger partial charge in [0, 0.05) is 22.9 Å². The number of para-hydroxylation sites is 1. The van der Waals surface area contributed by atoms with E-state index < -0.39 is 11.6 Å². The molecule has 0 aliphatic carbocycles. The van der Waals surface area contributed by atoms with Crippen LogP contribution in [-0.4, -0.2) is 33.6 Å². The zero-order valence-electron chi connectivity index (χ0n) is 14.0. The van der Waals surface area contributed by atoms with Crippen LogP contribution in [0.25, 0.3) is 11.4 Å². The predicted octanol–water partition coefficient (Wildman–Crippen LogP) is 2.53. The molecule has 0 saturated carbocycles. The molecule has 1 fully saturated rings. The van der Waals surface area contributed by atoms with Crippen molar-refractivity contribution in [2.24, 2.45) is 0 Å². The van der Waals surface area contributed by atoms with Gasteiger partial charge in [0.05, 0.1) is 6.61 Å². The molecular formula is C18H14N4O4S. The Morgan fingerprint density at radius 1 is 1.26 bits per heavy atom. The first-order chi connectivity index (χ1) is 13.2. The number of imide groups is 1. The number of fused-ring (bicyclic) bond motifs is 2. The average Bonchev–Trinajstić information content (AvgIpc) is 3.40. The number of carbonyl (C=O) groups excluding carboxylic acids is 2. The second kappa shape index (κ2) is 5.92. The molecule has 1 N–H and O–H groups in total. The second-order valence-electron chi connectivity index (χ2n) is 6.35. The lowest BCUT2D eigenvalue weighted by molar-refractivity contribution is -0.133. The van der Waals surface area contributed by atoms with Crippen LogP contribution in [0.4, 0.5) is 4.79 Å². The van der Waals surface area contributed by atoms with Crippen LogP contribution in [0, 0.1) is 0 Å². The molecule has 1 unspecified atom stereocenters. The van der Waals surface area contributed by atoms with Gasteiger partial charge in [-0.2, -0.15) is 16.3 Å². The molecule has 136 valence electrons. The van der Waals surface area contributed by atoms with Gasteiger partial charge in [-0.25, -0.2) is 4.79 Å². The van der Waals surface area contributed by atoms with E-state index in [2.05, 4.69) is 15.5 Å². The Kier molecular flexibility index (Phi) is 3.51. The first-order valence-electron chi connectivity index (χ1n) is 8.39. The molecule has 8 nitrogen and oxygen atoms in total. The Morgan fingerprint density at radius 2 is 2.15 bits per heavy atom. The maximum absolute atomic E-state index is 13.2. The topological polar surface area (TPSA) is 97.6 Å². The number of hydrogen-bond acceptors (Lipinski definition) is 7. The molecule has 1 saturated heterocycles. The number of carbonyl (C=O) groups is 2. The van der Waals surface area contributed by atoms with Gasteiger partial charge in [0.1, 0.15) is 12.3 Å².